The highest BCUT2D eigenvalue weighted by molar-refractivity contribution is 4.76. The van der Waals surface area contributed by atoms with Gasteiger partial charge in [0.15, 0.2) is 0 Å². The van der Waals surface area contributed by atoms with Crippen molar-refractivity contribution in [3.63, 3.8) is 0 Å². The Kier molecular flexibility index (Phi) is 1.47. The van der Waals surface area contributed by atoms with Crippen LogP contribution in [0.1, 0.15) is 13.8 Å². The summed E-state index contributed by atoms with van der Waals surface area (Å²) in [5, 5.41) is 4.96. The largest absolute Gasteiger partial charge is 0.314 e. The average Bonchev–Trinajstić information content (AvgIpc) is 1.59. The van der Waals surface area contributed by atoms with Crippen molar-refractivity contribution < 1.29 is 1.41 Å². The number of rotatable bonds is 0. The van der Waals surface area contributed by atoms with Crippen molar-refractivity contribution in [2.24, 2.45) is 0 Å². The van der Waals surface area contributed by atoms with Crippen molar-refractivity contribution in [1.82, 2.24) is 10.6 Å². The quantitative estimate of drug-likeness (QED) is 0.463. The van der Waals surface area contributed by atoms with Gasteiger partial charge in [0.2, 0.25) is 0 Å². The van der Waals surface area contributed by atoms with Gasteiger partial charge in [0.25, 0.3) is 0 Å². The first-order chi connectivity index (χ1) is 4.18. The summed E-state index contributed by atoms with van der Waals surface area (Å²) in [6, 6.07) is 0.956. The molecule has 2 N–H and O–H groups in total. The van der Waals surface area contributed by atoms with E-state index in [-0.39, 0.29) is 0 Å². The Bertz CT molecular complexity index is 72.0. The zero-order valence-corrected chi connectivity index (χ0v) is 5.52. The van der Waals surface area contributed by atoms with Gasteiger partial charge < -0.3 is 10.6 Å². The standard InChI is InChI=1S/C6H14N2/c1-5-3-7-4-6(2)8-5/h5-8H,3-4H2,1-2H3/t5-,6+/i/hD. The second-order valence-electron chi connectivity index (χ2n) is 2.56. The molecule has 0 aliphatic carbocycles. The molecule has 0 aromatic heterocycles. The molecule has 1 aliphatic rings. The minimum atomic E-state index is 0.478. The molecular weight excluding hydrogens is 100 g/mol. The lowest BCUT2D eigenvalue weighted by Gasteiger charge is -2.26. The van der Waals surface area contributed by atoms with Gasteiger partial charge in [-0.05, 0) is 13.8 Å². The Morgan fingerprint density at radius 1 is 1.38 bits per heavy atom. The van der Waals surface area contributed by atoms with E-state index in [1.54, 1.807) is 5.31 Å². The van der Waals surface area contributed by atoms with Crippen LogP contribution < -0.4 is 10.6 Å². The minimum Gasteiger partial charge on any atom is -0.314 e. The van der Waals surface area contributed by atoms with E-state index in [2.05, 4.69) is 19.2 Å². The van der Waals surface area contributed by atoms with Gasteiger partial charge >= 0.3 is 0 Å². The van der Waals surface area contributed by atoms with E-state index < -0.39 is 0 Å². The van der Waals surface area contributed by atoms with Crippen LogP contribution in [0.2, 0.25) is 1.41 Å². The first kappa shape index (κ1) is 4.77. The third-order valence-electron chi connectivity index (χ3n) is 1.37. The summed E-state index contributed by atoms with van der Waals surface area (Å²) in [4.78, 5) is 0. The molecule has 0 aromatic rings. The summed E-state index contributed by atoms with van der Waals surface area (Å²) in [5.74, 6) is 0. The molecule has 0 radical (unpaired) electrons. The molecule has 1 rings (SSSR count). The van der Waals surface area contributed by atoms with Gasteiger partial charge in [0, 0.05) is 25.2 Å². The molecule has 0 unspecified atom stereocenters. The van der Waals surface area contributed by atoms with Gasteiger partial charge in [0.05, 0.1) is 0 Å². The fourth-order valence-electron chi connectivity index (χ4n) is 1.05. The van der Waals surface area contributed by atoms with Crippen LogP contribution in [-0.4, -0.2) is 25.2 Å². The second-order valence-corrected chi connectivity index (χ2v) is 2.56. The van der Waals surface area contributed by atoms with Crippen LogP contribution in [0.4, 0.5) is 0 Å². The average molecular weight is 115 g/mol. The highest BCUT2D eigenvalue weighted by atomic mass is 15.1. The predicted molar refractivity (Wildman–Crippen MR) is 34.9 cm³/mol. The van der Waals surface area contributed by atoms with Crippen molar-refractivity contribution in [2.75, 3.05) is 13.1 Å². The van der Waals surface area contributed by atoms with E-state index >= 15 is 0 Å². The lowest BCUT2D eigenvalue weighted by atomic mass is 10.2. The Morgan fingerprint density at radius 3 is 2.25 bits per heavy atom. The van der Waals surface area contributed by atoms with Gasteiger partial charge in [-0.25, -0.2) is 0 Å². The van der Waals surface area contributed by atoms with Gasteiger partial charge in [0.1, 0.15) is 1.41 Å². The summed E-state index contributed by atoms with van der Waals surface area (Å²) in [5.41, 5.74) is 0. The Balaban J connectivity index is 2.34. The van der Waals surface area contributed by atoms with Gasteiger partial charge in [-0.2, -0.15) is 0 Å². The van der Waals surface area contributed by atoms with Crippen LogP contribution in [0, 0.1) is 0 Å². The third-order valence-corrected chi connectivity index (χ3v) is 1.37. The molecule has 8 heavy (non-hydrogen) atoms. The van der Waals surface area contributed by atoms with E-state index in [0.29, 0.717) is 12.1 Å². The predicted octanol–water partition coefficient (Wildman–Crippen LogP) is -0.0438. The molecule has 1 aliphatic heterocycles. The van der Waals surface area contributed by atoms with Gasteiger partial charge in [-0.1, -0.05) is 0 Å². The molecule has 1 fully saturated rings. The Hall–Kier alpha value is -0.0800. The zero-order chi connectivity index (χ0) is 6.85. The summed E-state index contributed by atoms with van der Waals surface area (Å²) in [6.45, 7) is 5.92. The van der Waals surface area contributed by atoms with Gasteiger partial charge in [-0.3, -0.25) is 0 Å². The van der Waals surface area contributed by atoms with E-state index in [0.717, 1.165) is 13.1 Å². The van der Waals surface area contributed by atoms with Crippen molar-refractivity contribution in [3.05, 3.63) is 0 Å². The molecule has 0 bridgehead atoms. The molecule has 2 atom stereocenters. The van der Waals surface area contributed by atoms with Crippen LogP contribution in [0.3, 0.4) is 0 Å². The highest BCUT2D eigenvalue weighted by Crippen LogP contribution is 1.90. The maximum Gasteiger partial charge on any atom is 0.122 e. The lowest BCUT2D eigenvalue weighted by molar-refractivity contribution is 0.370. The SMILES string of the molecule is [2H]N1C[C@@H](C)N[C@@H](C)C1. The summed E-state index contributed by atoms with van der Waals surface area (Å²) >= 11 is 0. The van der Waals surface area contributed by atoms with Crippen molar-refractivity contribution in [2.45, 2.75) is 25.9 Å². The normalized spacial score (nSPS) is 44.0. The molecule has 0 saturated carbocycles. The molecular formula is C6H14N2. The fraction of sp³-hybridized carbons (Fsp3) is 1.00. The monoisotopic (exact) mass is 115 g/mol. The third kappa shape index (κ3) is 1.46. The molecule has 48 valence electrons. The summed E-state index contributed by atoms with van der Waals surface area (Å²) in [7, 11) is 0. The summed E-state index contributed by atoms with van der Waals surface area (Å²) < 4.78 is 7.33. The molecule has 0 amide bonds. The van der Waals surface area contributed by atoms with Crippen molar-refractivity contribution in [1.29, 1.82) is 0 Å². The van der Waals surface area contributed by atoms with E-state index in [1.807, 2.05) is 0 Å². The van der Waals surface area contributed by atoms with E-state index in [4.69, 9.17) is 1.41 Å². The first-order valence-corrected chi connectivity index (χ1v) is 3.18. The van der Waals surface area contributed by atoms with Crippen molar-refractivity contribution >= 4 is 0 Å². The number of nitrogens with one attached hydrogen (secondary N) is 2. The van der Waals surface area contributed by atoms with E-state index in [9.17, 15) is 0 Å². The Labute approximate surface area is 52.1 Å². The number of hydrogen-bond acceptors (Lipinski definition) is 2. The highest BCUT2D eigenvalue weighted by Gasteiger charge is 2.11. The Morgan fingerprint density at radius 2 is 1.88 bits per heavy atom. The zero-order valence-electron chi connectivity index (χ0n) is 6.52. The number of piperazine rings is 1. The maximum atomic E-state index is 7.33. The van der Waals surface area contributed by atoms with Crippen LogP contribution in [0.5, 0.6) is 0 Å². The summed E-state index contributed by atoms with van der Waals surface area (Å²) in [6.07, 6.45) is 0. The topological polar surface area (TPSA) is 24.1 Å². The molecule has 1 saturated heterocycles. The molecule has 2 nitrogen and oxygen atoms in total. The van der Waals surface area contributed by atoms with Crippen LogP contribution in [0.25, 0.3) is 0 Å². The smallest absolute Gasteiger partial charge is 0.122 e. The lowest BCUT2D eigenvalue weighted by Crippen LogP contribution is -2.52. The van der Waals surface area contributed by atoms with Crippen molar-refractivity contribution in [3.8, 4) is 0 Å². The number of hydrogen-bond donors (Lipinski definition) is 2. The molecule has 0 aromatic carbocycles. The fourth-order valence-corrected chi connectivity index (χ4v) is 1.05. The van der Waals surface area contributed by atoms with Gasteiger partial charge in [-0.15, -0.1) is 0 Å². The first-order valence-electron chi connectivity index (χ1n) is 3.63. The van der Waals surface area contributed by atoms with Crippen LogP contribution in [0.15, 0.2) is 0 Å². The molecule has 2 heteroatoms. The molecule has 0 spiro atoms. The minimum absolute atomic E-state index is 0.478. The van der Waals surface area contributed by atoms with Crippen LogP contribution >= 0.6 is 0 Å². The maximum absolute atomic E-state index is 7.33. The van der Waals surface area contributed by atoms with E-state index in [1.165, 1.54) is 0 Å². The molecule has 1 heterocycles. The second kappa shape index (κ2) is 2.46. The van der Waals surface area contributed by atoms with Crippen LogP contribution in [-0.2, 0) is 0 Å².